The lowest BCUT2D eigenvalue weighted by atomic mass is 9.55. The molecule has 2 aromatic rings. The lowest BCUT2D eigenvalue weighted by Gasteiger charge is -2.11. The van der Waals surface area contributed by atoms with E-state index in [1.807, 2.05) is 18.2 Å². The first-order chi connectivity index (χ1) is 8.25. The predicted molar refractivity (Wildman–Crippen MR) is 72.4 cm³/mol. The van der Waals surface area contributed by atoms with Gasteiger partial charge in [0.05, 0.1) is 6.61 Å². The molecule has 1 aliphatic rings. The van der Waals surface area contributed by atoms with Crippen LogP contribution in [-0.4, -0.2) is 6.92 Å². The van der Waals surface area contributed by atoms with E-state index in [9.17, 15) is 0 Å². The van der Waals surface area contributed by atoms with Gasteiger partial charge in [0.2, 0.25) is 0 Å². The van der Waals surface area contributed by atoms with E-state index in [1.54, 1.807) is 0 Å². The van der Waals surface area contributed by atoms with E-state index in [1.165, 1.54) is 22.1 Å². The lowest BCUT2D eigenvalue weighted by Crippen LogP contribution is -2.42. The topological polar surface area (TPSA) is 9.23 Å². The second kappa shape index (κ2) is 4.21. The molecule has 17 heavy (non-hydrogen) atoms. The largest absolute Gasteiger partial charge is 0.423 e. The molecule has 0 aromatic heterocycles. The Hall–Kier alpha value is -1.25. The Labute approximate surface area is 106 Å². The average Bonchev–Trinajstić information content (AvgIpc) is 2.76. The molecular formula is C14H12BClO. The third kappa shape index (κ3) is 1.88. The first-order valence-electron chi connectivity index (χ1n) is 5.71. The molecule has 1 aliphatic heterocycles. The van der Waals surface area contributed by atoms with Crippen LogP contribution in [0.3, 0.4) is 0 Å². The quantitative estimate of drug-likeness (QED) is 0.697. The van der Waals surface area contributed by atoms with Gasteiger partial charge in [0, 0.05) is 5.02 Å². The van der Waals surface area contributed by atoms with Gasteiger partial charge >= 0.3 is 6.92 Å². The van der Waals surface area contributed by atoms with E-state index in [0.29, 0.717) is 6.61 Å². The monoisotopic (exact) mass is 242 g/mol. The van der Waals surface area contributed by atoms with E-state index in [4.69, 9.17) is 16.3 Å². The van der Waals surface area contributed by atoms with Gasteiger partial charge in [-0.25, -0.2) is 0 Å². The molecule has 2 aromatic carbocycles. The van der Waals surface area contributed by atoms with Crippen LogP contribution in [0.25, 0.3) is 0 Å². The number of hydrogen-bond acceptors (Lipinski definition) is 1. The van der Waals surface area contributed by atoms with E-state index in [0.717, 1.165) is 5.02 Å². The standard InChI is InChI=1S/C14H12BClO/c1-10-6-7-12(16)8-14(10)15-13-5-3-2-4-11(13)9-17-15/h2-8H,9H2,1H3. The van der Waals surface area contributed by atoms with Crippen LogP contribution in [0.4, 0.5) is 0 Å². The molecule has 3 rings (SSSR count). The highest BCUT2D eigenvalue weighted by molar-refractivity contribution is 6.81. The van der Waals surface area contributed by atoms with Crippen LogP contribution < -0.4 is 10.9 Å². The van der Waals surface area contributed by atoms with Crippen LogP contribution in [0.2, 0.25) is 5.02 Å². The van der Waals surface area contributed by atoms with Crippen LogP contribution in [0, 0.1) is 6.92 Å². The molecule has 0 bridgehead atoms. The average molecular weight is 243 g/mol. The summed E-state index contributed by atoms with van der Waals surface area (Å²) in [6, 6.07) is 14.3. The number of fused-ring (bicyclic) bond motifs is 1. The summed E-state index contributed by atoms with van der Waals surface area (Å²) in [4.78, 5) is 0. The van der Waals surface area contributed by atoms with Crippen molar-refractivity contribution in [3.8, 4) is 0 Å². The summed E-state index contributed by atoms with van der Waals surface area (Å²) < 4.78 is 5.89. The number of rotatable bonds is 1. The Bertz CT molecular complexity index is 568. The molecule has 1 heterocycles. The van der Waals surface area contributed by atoms with Gasteiger partial charge in [0.25, 0.3) is 0 Å². The van der Waals surface area contributed by atoms with Crippen molar-refractivity contribution in [3.05, 3.63) is 58.6 Å². The first kappa shape index (κ1) is 10.9. The fourth-order valence-corrected chi connectivity index (χ4v) is 2.52. The first-order valence-corrected chi connectivity index (χ1v) is 6.09. The highest BCUT2D eigenvalue weighted by Gasteiger charge is 2.30. The second-order valence-electron chi connectivity index (χ2n) is 4.39. The molecule has 0 radical (unpaired) electrons. The Morgan fingerprint density at radius 1 is 1.12 bits per heavy atom. The minimum atomic E-state index is 0.0323. The highest BCUT2D eigenvalue weighted by Crippen LogP contribution is 2.14. The van der Waals surface area contributed by atoms with Crippen LogP contribution >= 0.6 is 11.6 Å². The van der Waals surface area contributed by atoms with Crippen molar-refractivity contribution in [2.24, 2.45) is 0 Å². The maximum absolute atomic E-state index is 6.07. The fourth-order valence-electron chi connectivity index (χ4n) is 2.34. The van der Waals surface area contributed by atoms with Crippen molar-refractivity contribution in [2.75, 3.05) is 0 Å². The van der Waals surface area contributed by atoms with Crippen molar-refractivity contribution in [3.63, 3.8) is 0 Å². The molecule has 0 fully saturated rings. The zero-order valence-electron chi connectivity index (χ0n) is 9.61. The Morgan fingerprint density at radius 3 is 2.82 bits per heavy atom. The van der Waals surface area contributed by atoms with E-state index in [2.05, 4.69) is 31.2 Å². The number of aryl methyl sites for hydroxylation is 1. The maximum atomic E-state index is 6.07. The Balaban J connectivity index is 2.10. The molecule has 0 unspecified atom stereocenters. The van der Waals surface area contributed by atoms with Crippen molar-refractivity contribution >= 4 is 29.4 Å². The molecule has 0 atom stereocenters. The minimum Gasteiger partial charge on any atom is -0.423 e. The SMILES string of the molecule is Cc1ccc(Cl)cc1B1OCc2ccccc21. The van der Waals surface area contributed by atoms with Gasteiger partial charge in [-0.2, -0.15) is 0 Å². The summed E-state index contributed by atoms with van der Waals surface area (Å²) in [5.41, 5.74) is 4.92. The second-order valence-corrected chi connectivity index (χ2v) is 4.83. The van der Waals surface area contributed by atoms with Crippen molar-refractivity contribution < 1.29 is 4.65 Å². The van der Waals surface area contributed by atoms with E-state index < -0.39 is 0 Å². The van der Waals surface area contributed by atoms with Crippen molar-refractivity contribution in [1.29, 1.82) is 0 Å². The maximum Gasteiger partial charge on any atom is 0.362 e. The number of benzene rings is 2. The summed E-state index contributed by atoms with van der Waals surface area (Å²) in [5.74, 6) is 0. The van der Waals surface area contributed by atoms with Gasteiger partial charge in [0.15, 0.2) is 0 Å². The molecule has 1 nitrogen and oxygen atoms in total. The summed E-state index contributed by atoms with van der Waals surface area (Å²) in [6.07, 6.45) is 0. The molecule has 0 saturated heterocycles. The third-order valence-corrected chi connectivity index (χ3v) is 3.50. The summed E-state index contributed by atoms with van der Waals surface area (Å²) in [5, 5.41) is 0.763. The summed E-state index contributed by atoms with van der Waals surface area (Å²) in [7, 11) is 0. The molecular weight excluding hydrogens is 230 g/mol. The molecule has 0 aliphatic carbocycles. The molecule has 0 saturated carbocycles. The number of hydrogen-bond donors (Lipinski definition) is 0. The zero-order chi connectivity index (χ0) is 11.8. The van der Waals surface area contributed by atoms with Gasteiger partial charge in [-0.3, -0.25) is 0 Å². The van der Waals surface area contributed by atoms with Crippen LogP contribution in [0.5, 0.6) is 0 Å². The number of halogens is 1. The van der Waals surface area contributed by atoms with Crippen molar-refractivity contribution in [2.45, 2.75) is 13.5 Å². The van der Waals surface area contributed by atoms with Crippen LogP contribution in [0.1, 0.15) is 11.1 Å². The lowest BCUT2D eigenvalue weighted by molar-refractivity contribution is 0.337. The molecule has 0 spiro atoms. The van der Waals surface area contributed by atoms with E-state index >= 15 is 0 Å². The molecule has 0 N–H and O–H groups in total. The van der Waals surface area contributed by atoms with Crippen molar-refractivity contribution in [1.82, 2.24) is 0 Å². The third-order valence-electron chi connectivity index (χ3n) is 3.27. The smallest absolute Gasteiger partial charge is 0.362 e. The minimum absolute atomic E-state index is 0.0323. The summed E-state index contributed by atoms with van der Waals surface area (Å²) >= 11 is 6.07. The van der Waals surface area contributed by atoms with Gasteiger partial charge in [0.1, 0.15) is 0 Å². The van der Waals surface area contributed by atoms with Gasteiger partial charge in [-0.1, -0.05) is 47.5 Å². The summed E-state index contributed by atoms with van der Waals surface area (Å²) in [6.45, 7) is 2.81. The predicted octanol–water partition coefficient (Wildman–Crippen LogP) is 2.28. The molecule has 84 valence electrons. The Morgan fingerprint density at radius 2 is 1.94 bits per heavy atom. The van der Waals surface area contributed by atoms with E-state index in [-0.39, 0.29) is 6.92 Å². The van der Waals surface area contributed by atoms with Gasteiger partial charge < -0.3 is 4.65 Å². The normalized spacial score (nSPS) is 13.9. The molecule has 3 heteroatoms. The Kier molecular flexibility index (Phi) is 2.69. The zero-order valence-corrected chi connectivity index (χ0v) is 10.4. The van der Waals surface area contributed by atoms with Crippen LogP contribution in [-0.2, 0) is 11.3 Å². The fraction of sp³-hybridized carbons (Fsp3) is 0.143. The van der Waals surface area contributed by atoms with Gasteiger partial charge in [-0.15, -0.1) is 0 Å². The van der Waals surface area contributed by atoms with Gasteiger partial charge in [-0.05, 0) is 35.5 Å². The molecule has 0 amide bonds. The highest BCUT2D eigenvalue weighted by atomic mass is 35.5. The van der Waals surface area contributed by atoms with Crippen LogP contribution in [0.15, 0.2) is 42.5 Å².